The number of ether oxygens (including phenoxy) is 3. The van der Waals surface area contributed by atoms with Crippen LogP contribution in [0.1, 0.15) is 20.1 Å². The third-order valence-electron chi connectivity index (χ3n) is 4.97. The molecule has 1 unspecified atom stereocenters. The van der Waals surface area contributed by atoms with Gasteiger partial charge in [0.15, 0.2) is 30.3 Å². The summed E-state index contributed by atoms with van der Waals surface area (Å²) in [7, 11) is -3.83. The van der Waals surface area contributed by atoms with E-state index in [1.54, 1.807) is 43.3 Å². The third kappa shape index (κ3) is 5.68. The normalized spacial score (nSPS) is 20.3. The molecule has 0 radical (unpaired) electrons. The van der Waals surface area contributed by atoms with Gasteiger partial charge in [-0.05, 0) is 32.0 Å². The fourth-order valence-electron chi connectivity index (χ4n) is 3.38. The molecule has 3 heterocycles. The van der Waals surface area contributed by atoms with Gasteiger partial charge < -0.3 is 24.5 Å². The molecule has 0 amide bonds. The van der Waals surface area contributed by atoms with Crippen molar-refractivity contribution in [2.24, 2.45) is 0 Å². The number of nitrogens with two attached hydrogens (primary N) is 1. The molecule has 0 bridgehead atoms. The second kappa shape index (κ2) is 10.5. The first-order valence-electron chi connectivity index (χ1n) is 10.8. The van der Waals surface area contributed by atoms with Gasteiger partial charge in [0.1, 0.15) is 17.3 Å². The number of esters is 1. The zero-order chi connectivity index (χ0) is 25.0. The van der Waals surface area contributed by atoms with Crippen molar-refractivity contribution in [1.29, 1.82) is 0 Å². The summed E-state index contributed by atoms with van der Waals surface area (Å²) in [4.78, 5) is 20.4. The molecule has 3 N–H and O–H groups in total. The summed E-state index contributed by atoms with van der Waals surface area (Å²) in [6.45, 7) is 3.31. The highest BCUT2D eigenvalue weighted by Crippen LogP contribution is 2.45. The van der Waals surface area contributed by atoms with Crippen LogP contribution in [0.2, 0.25) is 0 Å². The van der Waals surface area contributed by atoms with Gasteiger partial charge in [0.25, 0.3) is 0 Å². The Hall–Kier alpha value is -3.31. The first-order valence-corrected chi connectivity index (χ1v) is 12.6. The van der Waals surface area contributed by atoms with Crippen molar-refractivity contribution in [2.45, 2.75) is 32.4 Å². The molecule has 13 heteroatoms. The van der Waals surface area contributed by atoms with Crippen LogP contribution in [0.4, 0.5) is 10.1 Å². The van der Waals surface area contributed by atoms with E-state index in [2.05, 4.69) is 15.1 Å². The van der Waals surface area contributed by atoms with Crippen LogP contribution in [0.3, 0.4) is 0 Å². The number of aromatic nitrogens is 3. The van der Waals surface area contributed by atoms with E-state index in [1.807, 2.05) is 0 Å². The maximum atomic E-state index is 14.8. The number of nitrogen functional groups attached to an aromatic ring is 1. The lowest BCUT2D eigenvalue weighted by molar-refractivity contribution is -0.144. The zero-order valence-corrected chi connectivity index (χ0v) is 19.9. The molecule has 0 spiro atoms. The highest BCUT2D eigenvalue weighted by atomic mass is 31.2. The number of nitrogens with one attached hydrogen (secondary N) is 1. The standard InChI is InChI=1S/C22H25FN5O6P/c1-3-31-22(29)14(2)27-35(30,34-15-7-5-4-6-8-15)13-32-18-11-16(23)21(33-18)28-12-26-19-17(24)9-10-25-20(19)28/h4-12,14,18,21H,3,13H2,1-2H3,(H2,24,25)(H,27,30)/t14-,18-,21+,35?/m0/s1. The predicted octanol–water partition coefficient (Wildman–Crippen LogP) is 3.51. The van der Waals surface area contributed by atoms with Crippen LogP contribution in [-0.2, 0) is 23.6 Å². The largest absolute Gasteiger partial charge is 0.465 e. The minimum absolute atomic E-state index is 0.163. The SMILES string of the molecule is CCOC(=O)[C@H](C)NP(=O)(CO[C@@H]1C=C(F)[C@H](n2cnc3c(N)ccnc32)O1)Oc1ccccc1. The number of hydrogen-bond acceptors (Lipinski definition) is 9. The number of carbonyl (C=O) groups excluding carboxylic acids is 1. The number of halogens is 1. The fraction of sp³-hybridized carbons (Fsp3) is 0.318. The van der Waals surface area contributed by atoms with Crippen molar-refractivity contribution in [3.8, 4) is 5.75 Å². The van der Waals surface area contributed by atoms with Gasteiger partial charge in [0, 0.05) is 12.3 Å². The Bertz CT molecular complexity index is 1270. The van der Waals surface area contributed by atoms with Crippen molar-refractivity contribution < 1.29 is 32.5 Å². The van der Waals surface area contributed by atoms with Gasteiger partial charge in [-0.15, -0.1) is 0 Å². The minimum atomic E-state index is -3.83. The van der Waals surface area contributed by atoms with E-state index >= 15 is 0 Å². The summed E-state index contributed by atoms with van der Waals surface area (Å²) in [6, 6.07) is 9.02. The summed E-state index contributed by atoms with van der Waals surface area (Å²) in [5.74, 6) is -0.958. The van der Waals surface area contributed by atoms with E-state index in [9.17, 15) is 13.8 Å². The van der Waals surface area contributed by atoms with Crippen LogP contribution in [0.5, 0.6) is 5.75 Å². The zero-order valence-electron chi connectivity index (χ0n) is 19.0. The molecule has 1 aromatic carbocycles. The highest BCUT2D eigenvalue weighted by Gasteiger charge is 2.36. The summed E-state index contributed by atoms with van der Waals surface area (Å²) < 4.78 is 51.6. The maximum absolute atomic E-state index is 14.8. The average molecular weight is 505 g/mol. The van der Waals surface area contributed by atoms with E-state index in [0.29, 0.717) is 22.6 Å². The Labute approximate surface area is 200 Å². The van der Waals surface area contributed by atoms with E-state index < -0.39 is 44.2 Å². The van der Waals surface area contributed by atoms with Gasteiger partial charge in [-0.3, -0.25) is 13.9 Å². The van der Waals surface area contributed by atoms with Crippen LogP contribution < -0.4 is 15.3 Å². The maximum Gasteiger partial charge on any atom is 0.342 e. The molecule has 186 valence electrons. The van der Waals surface area contributed by atoms with Crippen molar-refractivity contribution in [3.05, 3.63) is 60.8 Å². The molecule has 0 saturated carbocycles. The molecule has 4 rings (SSSR count). The molecular weight excluding hydrogens is 480 g/mol. The lowest BCUT2D eigenvalue weighted by atomic mass is 10.3. The monoisotopic (exact) mass is 505 g/mol. The first kappa shape index (κ1) is 24.8. The smallest absolute Gasteiger partial charge is 0.342 e. The Kier molecular flexibility index (Phi) is 7.46. The van der Waals surface area contributed by atoms with Crippen LogP contribution in [0.25, 0.3) is 11.2 Å². The second-order valence-corrected chi connectivity index (χ2v) is 9.65. The van der Waals surface area contributed by atoms with E-state index in [-0.39, 0.29) is 6.61 Å². The second-order valence-electron chi connectivity index (χ2n) is 7.61. The molecule has 0 fully saturated rings. The van der Waals surface area contributed by atoms with Crippen molar-refractivity contribution in [3.63, 3.8) is 0 Å². The van der Waals surface area contributed by atoms with Gasteiger partial charge in [-0.25, -0.2) is 19.4 Å². The number of para-hydroxylation sites is 1. The fourth-order valence-corrected chi connectivity index (χ4v) is 5.06. The Morgan fingerprint density at radius 3 is 2.83 bits per heavy atom. The number of imidazole rings is 1. The molecule has 1 aliphatic heterocycles. The summed E-state index contributed by atoms with van der Waals surface area (Å²) >= 11 is 0. The van der Waals surface area contributed by atoms with E-state index in [1.165, 1.54) is 24.0 Å². The number of hydrogen-bond donors (Lipinski definition) is 2. The van der Waals surface area contributed by atoms with E-state index in [0.717, 1.165) is 6.08 Å². The van der Waals surface area contributed by atoms with Crippen LogP contribution in [-0.4, -0.2) is 45.8 Å². The summed E-state index contributed by atoms with van der Waals surface area (Å²) in [6.07, 6.45) is 1.03. The van der Waals surface area contributed by atoms with E-state index in [4.69, 9.17) is 24.5 Å². The van der Waals surface area contributed by atoms with Crippen LogP contribution >= 0.6 is 7.52 Å². The molecule has 11 nitrogen and oxygen atoms in total. The number of pyridine rings is 1. The quantitative estimate of drug-likeness (QED) is 0.311. The molecule has 3 aromatic rings. The lowest BCUT2D eigenvalue weighted by Gasteiger charge is -2.24. The summed E-state index contributed by atoms with van der Waals surface area (Å²) in [5.41, 5.74) is 7.03. The third-order valence-corrected chi connectivity index (χ3v) is 6.75. The lowest BCUT2D eigenvalue weighted by Crippen LogP contribution is -2.36. The Balaban J connectivity index is 1.47. The number of carbonyl (C=O) groups is 1. The molecule has 0 aliphatic carbocycles. The van der Waals surface area contributed by atoms with Crippen molar-refractivity contribution in [1.82, 2.24) is 19.6 Å². The predicted molar refractivity (Wildman–Crippen MR) is 125 cm³/mol. The van der Waals surface area contributed by atoms with Gasteiger partial charge in [-0.1, -0.05) is 18.2 Å². The van der Waals surface area contributed by atoms with Gasteiger partial charge in [-0.2, -0.15) is 0 Å². The van der Waals surface area contributed by atoms with Crippen LogP contribution in [0.15, 0.2) is 60.8 Å². The molecule has 2 aromatic heterocycles. The molecular formula is C22H25FN5O6P. The molecule has 1 aliphatic rings. The van der Waals surface area contributed by atoms with Gasteiger partial charge in [0.2, 0.25) is 0 Å². The highest BCUT2D eigenvalue weighted by molar-refractivity contribution is 7.57. The van der Waals surface area contributed by atoms with Gasteiger partial charge >= 0.3 is 13.5 Å². The van der Waals surface area contributed by atoms with Crippen molar-refractivity contribution in [2.75, 3.05) is 18.7 Å². The Morgan fingerprint density at radius 1 is 1.31 bits per heavy atom. The summed E-state index contributed by atoms with van der Waals surface area (Å²) in [5, 5.41) is 2.66. The number of anilines is 1. The Morgan fingerprint density at radius 2 is 2.09 bits per heavy atom. The minimum Gasteiger partial charge on any atom is -0.465 e. The average Bonchev–Trinajstić information content (AvgIpc) is 3.42. The number of nitrogens with zero attached hydrogens (tertiary/aromatic N) is 3. The van der Waals surface area contributed by atoms with Crippen LogP contribution in [0, 0.1) is 0 Å². The molecule has 4 atom stereocenters. The topological polar surface area (TPSA) is 140 Å². The number of fused-ring (bicyclic) bond motifs is 1. The van der Waals surface area contributed by atoms with Crippen molar-refractivity contribution >= 4 is 30.3 Å². The molecule has 35 heavy (non-hydrogen) atoms. The molecule has 0 saturated heterocycles. The first-order chi connectivity index (χ1) is 16.8. The number of rotatable bonds is 10. The number of benzene rings is 1. The van der Waals surface area contributed by atoms with Gasteiger partial charge in [0.05, 0.1) is 18.6 Å².